The molecule has 0 unspecified atom stereocenters. The summed E-state index contributed by atoms with van der Waals surface area (Å²) in [6.45, 7) is 0. The third-order valence-electron chi connectivity index (χ3n) is 2.85. The number of nitrogens with one attached hydrogen (secondary N) is 1. The first-order valence-corrected chi connectivity index (χ1v) is 5.47. The Morgan fingerprint density at radius 2 is 2.05 bits per heavy atom. The number of hydrogen-bond acceptors (Lipinski definition) is 4. The maximum Gasteiger partial charge on any atom is 0.277 e. The van der Waals surface area contributed by atoms with Crippen molar-refractivity contribution >= 4 is 16.5 Å². The lowest BCUT2D eigenvalue weighted by atomic mass is 10.1. The second kappa shape index (κ2) is 4.05. The van der Waals surface area contributed by atoms with Crippen LogP contribution in [0.25, 0.3) is 16.6 Å². The Balaban J connectivity index is 2.36. The van der Waals surface area contributed by atoms with E-state index in [1.54, 1.807) is 24.4 Å². The first kappa shape index (κ1) is 11.1. The van der Waals surface area contributed by atoms with Gasteiger partial charge >= 0.3 is 0 Å². The standard InChI is InChI=1S/C12H8N4O3/c17-12-9-2-1-3-10(16(18)19)8(9)5-7-15(12)11-4-6-13-14-11/h1-7H,(H,13,14). The molecule has 0 fully saturated rings. The van der Waals surface area contributed by atoms with Crippen LogP contribution in [-0.4, -0.2) is 19.7 Å². The minimum absolute atomic E-state index is 0.0798. The molecule has 0 amide bonds. The fourth-order valence-corrected chi connectivity index (χ4v) is 1.99. The van der Waals surface area contributed by atoms with Gasteiger partial charge in [0.15, 0.2) is 5.82 Å². The van der Waals surface area contributed by atoms with E-state index in [4.69, 9.17) is 0 Å². The lowest BCUT2D eigenvalue weighted by Crippen LogP contribution is -2.18. The predicted molar refractivity (Wildman–Crippen MR) is 68.3 cm³/mol. The minimum Gasteiger partial charge on any atom is -0.284 e. The predicted octanol–water partition coefficient (Wildman–Crippen LogP) is 1.62. The van der Waals surface area contributed by atoms with Crippen molar-refractivity contribution in [1.82, 2.24) is 14.8 Å². The highest BCUT2D eigenvalue weighted by molar-refractivity contribution is 5.90. The van der Waals surface area contributed by atoms with Crippen molar-refractivity contribution in [2.75, 3.05) is 0 Å². The van der Waals surface area contributed by atoms with Crippen molar-refractivity contribution in [2.45, 2.75) is 0 Å². The highest BCUT2D eigenvalue weighted by Gasteiger charge is 2.14. The van der Waals surface area contributed by atoms with Crippen LogP contribution in [0, 0.1) is 10.1 Å². The van der Waals surface area contributed by atoms with E-state index >= 15 is 0 Å². The molecule has 19 heavy (non-hydrogen) atoms. The van der Waals surface area contributed by atoms with Crippen LogP contribution >= 0.6 is 0 Å². The lowest BCUT2D eigenvalue weighted by molar-refractivity contribution is -0.383. The monoisotopic (exact) mass is 256 g/mol. The number of nitrogens with zero attached hydrogens (tertiary/aromatic N) is 3. The Morgan fingerprint density at radius 3 is 2.74 bits per heavy atom. The van der Waals surface area contributed by atoms with Crippen molar-refractivity contribution in [1.29, 1.82) is 0 Å². The number of nitro benzene ring substituents is 1. The zero-order valence-electron chi connectivity index (χ0n) is 9.61. The van der Waals surface area contributed by atoms with Crippen molar-refractivity contribution in [3.8, 4) is 5.82 Å². The number of H-pyrrole nitrogens is 1. The second-order valence-electron chi connectivity index (χ2n) is 3.92. The molecule has 0 bridgehead atoms. The molecule has 0 saturated carbocycles. The van der Waals surface area contributed by atoms with Gasteiger partial charge < -0.3 is 0 Å². The summed E-state index contributed by atoms with van der Waals surface area (Å²) in [5.41, 5.74) is -0.419. The first-order valence-electron chi connectivity index (χ1n) is 5.47. The molecular weight excluding hydrogens is 248 g/mol. The molecule has 0 atom stereocenters. The molecular formula is C12H8N4O3. The molecule has 7 heteroatoms. The van der Waals surface area contributed by atoms with Gasteiger partial charge in [-0.25, -0.2) is 0 Å². The Labute approximate surface area is 106 Å². The number of nitro groups is 1. The summed E-state index contributed by atoms with van der Waals surface area (Å²) in [6.07, 6.45) is 3.08. The quantitative estimate of drug-likeness (QED) is 0.556. The Kier molecular flexibility index (Phi) is 2.38. The van der Waals surface area contributed by atoms with Crippen LogP contribution in [0.5, 0.6) is 0 Å². The van der Waals surface area contributed by atoms with Gasteiger partial charge in [0, 0.05) is 24.5 Å². The molecule has 0 aliphatic heterocycles. The van der Waals surface area contributed by atoms with Gasteiger partial charge in [-0.15, -0.1) is 0 Å². The smallest absolute Gasteiger partial charge is 0.277 e. The average Bonchev–Trinajstić information content (AvgIpc) is 2.92. The second-order valence-corrected chi connectivity index (χ2v) is 3.92. The molecule has 3 rings (SSSR count). The molecule has 7 nitrogen and oxygen atoms in total. The van der Waals surface area contributed by atoms with E-state index in [-0.39, 0.29) is 11.2 Å². The number of aromatic nitrogens is 3. The highest BCUT2D eigenvalue weighted by atomic mass is 16.6. The summed E-state index contributed by atoms with van der Waals surface area (Å²) < 4.78 is 1.34. The van der Waals surface area contributed by atoms with Crippen LogP contribution in [-0.2, 0) is 0 Å². The molecule has 3 aromatic rings. The average molecular weight is 256 g/mol. The molecule has 2 heterocycles. The van der Waals surface area contributed by atoms with Gasteiger partial charge in [0.05, 0.1) is 15.7 Å². The molecule has 1 aromatic carbocycles. The first-order chi connectivity index (χ1) is 9.18. The number of hydrogen-bond donors (Lipinski definition) is 1. The van der Waals surface area contributed by atoms with Gasteiger partial charge in [-0.1, -0.05) is 6.07 Å². The number of non-ortho nitro benzene ring substituents is 1. The van der Waals surface area contributed by atoms with Gasteiger partial charge in [0.25, 0.3) is 11.2 Å². The van der Waals surface area contributed by atoms with Crippen molar-refractivity contribution in [3.63, 3.8) is 0 Å². The highest BCUT2D eigenvalue weighted by Crippen LogP contribution is 2.22. The summed E-state index contributed by atoms with van der Waals surface area (Å²) >= 11 is 0. The maximum atomic E-state index is 12.3. The third-order valence-corrected chi connectivity index (χ3v) is 2.85. The summed E-state index contributed by atoms with van der Waals surface area (Å²) in [6, 6.07) is 7.62. The molecule has 0 spiro atoms. The van der Waals surface area contributed by atoms with Crippen molar-refractivity contribution in [3.05, 3.63) is 63.2 Å². The Morgan fingerprint density at radius 1 is 1.21 bits per heavy atom. The van der Waals surface area contributed by atoms with Gasteiger partial charge in [-0.05, 0) is 12.1 Å². The SMILES string of the molecule is O=c1c2cccc([N+](=O)[O-])c2ccn1-c1cc[nH]n1. The molecule has 0 aliphatic rings. The zero-order valence-corrected chi connectivity index (χ0v) is 9.61. The Hall–Kier alpha value is -2.96. The zero-order chi connectivity index (χ0) is 13.4. The Bertz CT molecular complexity index is 821. The summed E-state index contributed by atoms with van der Waals surface area (Å²) in [5, 5.41) is 18.1. The van der Waals surface area contributed by atoms with Crippen LogP contribution in [0.4, 0.5) is 5.69 Å². The van der Waals surface area contributed by atoms with Gasteiger partial charge in [0.1, 0.15) is 0 Å². The minimum atomic E-state index is -0.499. The molecule has 0 saturated heterocycles. The van der Waals surface area contributed by atoms with Crippen molar-refractivity contribution < 1.29 is 4.92 Å². The third kappa shape index (κ3) is 1.68. The molecule has 0 radical (unpaired) electrons. The van der Waals surface area contributed by atoms with E-state index in [0.717, 1.165) is 0 Å². The lowest BCUT2D eigenvalue weighted by Gasteiger charge is -2.04. The fourth-order valence-electron chi connectivity index (χ4n) is 1.99. The number of fused-ring (bicyclic) bond motifs is 1. The number of benzene rings is 1. The van der Waals surface area contributed by atoms with Crippen LogP contribution in [0.2, 0.25) is 0 Å². The summed E-state index contributed by atoms with van der Waals surface area (Å²) in [4.78, 5) is 22.7. The van der Waals surface area contributed by atoms with Crippen LogP contribution in [0.3, 0.4) is 0 Å². The topological polar surface area (TPSA) is 93.8 Å². The largest absolute Gasteiger partial charge is 0.284 e. The van der Waals surface area contributed by atoms with Crippen molar-refractivity contribution in [2.24, 2.45) is 0 Å². The fraction of sp³-hybridized carbons (Fsp3) is 0. The summed E-state index contributed by atoms with van der Waals surface area (Å²) in [5.74, 6) is 0.443. The summed E-state index contributed by atoms with van der Waals surface area (Å²) in [7, 11) is 0. The van der Waals surface area contributed by atoms with E-state index < -0.39 is 4.92 Å². The molecule has 0 aliphatic carbocycles. The van der Waals surface area contributed by atoms with Crippen LogP contribution in [0.15, 0.2) is 47.5 Å². The van der Waals surface area contributed by atoms with E-state index in [1.807, 2.05) is 0 Å². The van der Waals surface area contributed by atoms with Gasteiger partial charge in [-0.2, -0.15) is 5.10 Å². The van der Waals surface area contributed by atoms with E-state index in [1.165, 1.54) is 22.9 Å². The van der Waals surface area contributed by atoms with E-state index in [2.05, 4.69) is 10.2 Å². The van der Waals surface area contributed by atoms with E-state index in [0.29, 0.717) is 16.6 Å². The number of pyridine rings is 1. The molecule has 2 aromatic heterocycles. The normalized spacial score (nSPS) is 10.7. The van der Waals surface area contributed by atoms with Crippen LogP contribution < -0.4 is 5.56 Å². The maximum absolute atomic E-state index is 12.3. The van der Waals surface area contributed by atoms with Gasteiger partial charge in [0.2, 0.25) is 0 Å². The number of rotatable bonds is 2. The number of aromatic amines is 1. The molecule has 94 valence electrons. The van der Waals surface area contributed by atoms with E-state index in [9.17, 15) is 14.9 Å². The van der Waals surface area contributed by atoms with Crippen LogP contribution in [0.1, 0.15) is 0 Å². The molecule has 1 N–H and O–H groups in total. The van der Waals surface area contributed by atoms with Gasteiger partial charge in [-0.3, -0.25) is 24.6 Å².